The zero-order valence-corrected chi connectivity index (χ0v) is 17.7. The number of rotatable bonds is 7. The first-order valence-electron chi connectivity index (χ1n) is 9.16. The predicted molar refractivity (Wildman–Crippen MR) is 110 cm³/mol. The Labute approximate surface area is 172 Å². The molecular formula is C20H21FN2O4S2. The van der Waals surface area contributed by atoms with E-state index in [4.69, 9.17) is 4.74 Å². The van der Waals surface area contributed by atoms with Crippen molar-refractivity contribution in [3.8, 4) is 5.75 Å². The summed E-state index contributed by atoms with van der Waals surface area (Å²) in [5, 5.41) is 0. The van der Waals surface area contributed by atoms with Gasteiger partial charge in [0.15, 0.2) is 14.6 Å². The number of halogens is 1. The third-order valence-electron chi connectivity index (χ3n) is 4.12. The van der Waals surface area contributed by atoms with Gasteiger partial charge in [-0.15, -0.1) is 0 Å². The number of carbonyl (C=O) groups excluding carboxylic acids is 1. The van der Waals surface area contributed by atoms with Crippen LogP contribution in [0, 0.1) is 5.82 Å². The highest BCUT2D eigenvalue weighted by Crippen LogP contribution is 2.23. The average Bonchev–Trinajstić information content (AvgIpc) is 2.98. The number of amides is 1. The molecule has 6 nitrogen and oxygen atoms in total. The molecule has 0 spiro atoms. The van der Waals surface area contributed by atoms with Crippen LogP contribution in [0.15, 0.2) is 52.4 Å². The number of ether oxygens (including phenoxy) is 1. The third kappa shape index (κ3) is 4.91. The van der Waals surface area contributed by atoms with Crippen LogP contribution in [-0.4, -0.2) is 31.3 Å². The number of nitrogens with zero attached hydrogens (tertiary/aromatic N) is 2. The smallest absolute Gasteiger partial charge is 0.263 e. The van der Waals surface area contributed by atoms with Crippen LogP contribution in [0.3, 0.4) is 0 Å². The molecule has 0 saturated carbocycles. The molecule has 1 heterocycles. The van der Waals surface area contributed by atoms with Gasteiger partial charge < -0.3 is 9.30 Å². The highest BCUT2D eigenvalue weighted by Gasteiger charge is 2.19. The molecule has 0 bridgehead atoms. The molecule has 0 radical (unpaired) electrons. The Hall–Kier alpha value is -2.52. The molecule has 3 rings (SSSR count). The molecule has 1 aromatic heterocycles. The lowest BCUT2D eigenvalue weighted by Gasteiger charge is -2.05. The van der Waals surface area contributed by atoms with Crippen LogP contribution in [-0.2, 0) is 21.2 Å². The molecule has 0 saturated heterocycles. The van der Waals surface area contributed by atoms with E-state index in [-0.39, 0.29) is 4.90 Å². The maximum atomic E-state index is 13.0. The molecule has 0 unspecified atom stereocenters. The minimum Gasteiger partial charge on any atom is -0.494 e. The van der Waals surface area contributed by atoms with Crippen molar-refractivity contribution in [3.63, 3.8) is 0 Å². The van der Waals surface area contributed by atoms with Gasteiger partial charge in [0.25, 0.3) is 5.91 Å². The summed E-state index contributed by atoms with van der Waals surface area (Å²) in [4.78, 5) is 16.8. The van der Waals surface area contributed by atoms with Crippen LogP contribution in [0.1, 0.15) is 20.3 Å². The Kier molecular flexibility index (Phi) is 6.49. The normalized spacial score (nSPS) is 12.4. The first-order chi connectivity index (χ1) is 13.8. The number of fused-ring (bicyclic) bond motifs is 1. The molecule has 0 atom stereocenters. The Balaban J connectivity index is 1.96. The van der Waals surface area contributed by atoms with Crippen LogP contribution < -0.4 is 9.54 Å². The number of hydrogen-bond acceptors (Lipinski definition) is 5. The van der Waals surface area contributed by atoms with Crippen molar-refractivity contribution >= 4 is 37.3 Å². The largest absolute Gasteiger partial charge is 0.494 e. The van der Waals surface area contributed by atoms with Crippen LogP contribution in [0.5, 0.6) is 5.75 Å². The van der Waals surface area contributed by atoms with Gasteiger partial charge >= 0.3 is 0 Å². The Bertz CT molecular complexity index is 1200. The van der Waals surface area contributed by atoms with Crippen molar-refractivity contribution < 1.29 is 22.3 Å². The van der Waals surface area contributed by atoms with Gasteiger partial charge in [-0.1, -0.05) is 18.3 Å². The summed E-state index contributed by atoms with van der Waals surface area (Å²) in [5.74, 6) is -1.36. The van der Waals surface area contributed by atoms with Gasteiger partial charge in [0, 0.05) is 6.54 Å². The first kappa shape index (κ1) is 21.2. The van der Waals surface area contributed by atoms with Crippen molar-refractivity contribution in [1.82, 2.24) is 4.57 Å². The van der Waals surface area contributed by atoms with Crippen molar-refractivity contribution in [2.75, 3.05) is 12.4 Å². The molecule has 154 valence electrons. The quantitative estimate of drug-likeness (QED) is 0.531. The number of aryl methyl sites for hydroxylation is 1. The highest BCUT2D eigenvalue weighted by molar-refractivity contribution is 7.92. The highest BCUT2D eigenvalue weighted by atomic mass is 32.2. The molecule has 3 aromatic rings. The number of hydrogen-bond donors (Lipinski definition) is 0. The molecule has 0 aliphatic carbocycles. The van der Waals surface area contributed by atoms with E-state index in [1.165, 1.54) is 11.3 Å². The van der Waals surface area contributed by atoms with Gasteiger partial charge in [0.2, 0.25) is 0 Å². The van der Waals surface area contributed by atoms with Gasteiger partial charge in [-0.2, -0.15) is 4.99 Å². The molecule has 0 N–H and O–H groups in total. The van der Waals surface area contributed by atoms with Gasteiger partial charge in [-0.25, -0.2) is 12.8 Å². The predicted octanol–water partition coefficient (Wildman–Crippen LogP) is 3.55. The van der Waals surface area contributed by atoms with Gasteiger partial charge in [-0.3, -0.25) is 4.79 Å². The summed E-state index contributed by atoms with van der Waals surface area (Å²) in [6.07, 6.45) is 0.828. The first-order valence-corrected chi connectivity index (χ1v) is 11.6. The summed E-state index contributed by atoms with van der Waals surface area (Å²) in [5.41, 5.74) is 0.910. The van der Waals surface area contributed by atoms with Gasteiger partial charge in [0.05, 0.1) is 21.7 Å². The Morgan fingerprint density at radius 2 is 1.90 bits per heavy atom. The minimum absolute atomic E-state index is 0.110. The molecule has 0 aliphatic rings. The van der Waals surface area contributed by atoms with Gasteiger partial charge in [0.1, 0.15) is 17.3 Å². The van der Waals surface area contributed by atoms with Crippen molar-refractivity contribution in [1.29, 1.82) is 0 Å². The molecule has 9 heteroatoms. The van der Waals surface area contributed by atoms with Crippen molar-refractivity contribution in [3.05, 3.63) is 53.1 Å². The number of sulfone groups is 1. The summed E-state index contributed by atoms with van der Waals surface area (Å²) in [7, 11) is -3.90. The fourth-order valence-corrected chi connectivity index (χ4v) is 5.07. The van der Waals surface area contributed by atoms with Crippen LogP contribution in [0.2, 0.25) is 0 Å². The third-order valence-corrected chi connectivity index (χ3v) is 6.78. The summed E-state index contributed by atoms with van der Waals surface area (Å²) in [6, 6.07) is 10.0. The van der Waals surface area contributed by atoms with E-state index in [1.807, 2.05) is 36.6 Å². The summed E-state index contributed by atoms with van der Waals surface area (Å²) < 4.78 is 46.2. The van der Waals surface area contributed by atoms with E-state index in [0.717, 1.165) is 46.7 Å². The average molecular weight is 437 g/mol. The Morgan fingerprint density at radius 1 is 1.17 bits per heavy atom. The zero-order chi connectivity index (χ0) is 21.0. The van der Waals surface area contributed by atoms with E-state index in [1.54, 1.807) is 0 Å². The number of aromatic nitrogens is 1. The second-order valence-electron chi connectivity index (χ2n) is 6.32. The number of benzene rings is 2. The molecule has 29 heavy (non-hydrogen) atoms. The monoisotopic (exact) mass is 436 g/mol. The molecule has 2 aromatic carbocycles. The lowest BCUT2D eigenvalue weighted by Crippen LogP contribution is -2.21. The van der Waals surface area contributed by atoms with Crippen molar-refractivity contribution in [2.45, 2.75) is 31.7 Å². The lowest BCUT2D eigenvalue weighted by atomic mass is 10.3. The number of carbonyl (C=O) groups is 1. The SMILES string of the molecule is CCCn1c(=NC(=O)CS(=O)(=O)c2ccc(F)cc2)sc2cc(OCC)ccc21. The molecule has 0 fully saturated rings. The maximum Gasteiger partial charge on any atom is 0.263 e. The second-order valence-corrected chi connectivity index (χ2v) is 9.32. The lowest BCUT2D eigenvalue weighted by molar-refractivity contribution is -0.115. The second kappa shape index (κ2) is 8.87. The van der Waals surface area contributed by atoms with Crippen molar-refractivity contribution in [2.24, 2.45) is 4.99 Å². The standard InChI is InChI=1S/C20H21FN2O4S2/c1-3-11-23-17-10-7-15(27-4-2)12-18(17)28-20(23)22-19(24)13-29(25,26)16-8-5-14(21)6-9-16/h5-10,12H,3-4,11,13H2,1-2H3. The summed E-state index contributed by atoms with van der Waals surface area (Å²) in [6.45, 7) is 5.10. The van der Waals surface area contributed by atoms with Crippen LogP contribution in [0.25, 0.3) is 10.2 Å². The topological polar surface area (TPSA) is 77.7 Å². The van der Waals surface area contributed by atoms with E-state index < -0.39 is 27.3 Å². The fourth-order valence-electron chi connectivity index (χ4n) is 2.86. The fraction of sp³-hybridized carbons (Fsp3) is 0.300. The number of thiazole rings is 1. The summed E-state index contributed by atoms with van der Waals surface area (Å²) >= 11 is 1.31. The van der Waals surface area contributed by atoms with E-state index in [9.17, 15) is 17.6 Å². The Morgan fingerprint density at radius 3 is 2.55 bits per heavy atom. The van der Waals surface area contributed by atoms with E-state index in [0.29, 0.717) is 18.0 Å². The maximum absolute atomic E-state index is 13.0. The molecular weight excluding hydrogens is 415 g/mol. The van der Waals surface area contributed by atoms with Crippen LogP contribution >= 0.6 is 11.3 Å². The molecule has 0 aliphatic heterocycles. The molecule has 1 amide bonds. The van der Waals surface area contributed by atoms with E-state index >= 15 is 0 Å². The zero-order valence-electron chi connectivity index (χ0n) is 16.1. The minimum atomic E-state index is -3.90. The van der Waals surface area contributed by atoms with Gasteiger partial charge in [-0.05, 0) is 55.8 Å². The van der Waals surface area contributed by atoms with Crippen LogP contribution in [0.4, 0.5) is 4.39 Å². The van der Waals surface area contributed by atoms with E-state index in [2.05, 4.69) is 4.99 Å².